The lowest BCUT2D eigenvalue weighted by Crippen LogP contribution is -1.99. The zero-order valence-electron chi connectivity index (χ0n) is 8.82. The maximum atomic E-state index is 9.67. The van der Waals surface area contributed by atoms with Crippen LogP contribution in [0.2, 0.25) is 5.15 Å². The molecule has 0 bridgehead atoms. The van der Waals surface area contributed by atoms with Gasteiger partial charge < -0.3 is 10.4 Å². The van der Waals surface area contributed by atoms with Gasteiger partial charge in [0.25, 0.3) is 0 Å². The summed E-state index contributed by atoms with van der Waals surface area (Å²) in [6.07, 6.45) is 1.63. The summed E-state index contributed by atoms with van der Waals surface area (Å²) in [5.74, 6) is 0.265. The molecule has 1 heterocycles. The molecule has 17 heavy (non-hydrogen) atoms. The third-order valence-electron chi connectivity index (χ3n) is 2.25. The number of rotatable bonds is 3. The first-order valence-electron chi connectivity index (χ1n) is 4.98. The van der Waals surface area contributed by atoms with Crippen molar-refractivity contribution in [2.45, 2.75) is 6.54 Å². The van der Waals surface area contributed by atoms with E-state index >= 15 is 0 Å². The highest BCUT2D eigenvalue weighted by molar-refractivity contribution is 9.10. The number of hydrogen-bond donors (Lipinski definition) is 2. The van der Waals surface area contributed by atoms with Crippen LogP contribution >= 0.6 is 27.5 Å². The lowest BCUT2D eigenvalue weighted by atomic mass is 10.2. The lowest BCUT2D eigenvalue weighted by molar-refractivity contribution is 0.469. The van der Waals surface area contributed by atoms with Gasteiger partial charge in [0.05, 0.1) is 0 Å². The molecule has 0 aliphatic rings. The third kappa shape index (κ3) is 3.35. The number of halogens is 2. The van der Waals surface area contributed by atoms with Crippen LogP contribution in [0.5, 0.6) is 5.75 Å². The Morgan fingerprint density at radius 2 is 2.12 bits per heavy atom. The number of pyridine rings is 1. The van der Waals surface area contributed by atoms with E-state index in [4.69, 9.17) is 11.6 Å². The van der Waals surface area contributed by atoms with E-state index in [1.165, 1.54) is 0 Å². The molecule has 5 heteroatoms. The van der Waals surface area contributed by atoms with E-state index in [0.717, 1.165) is 15.7 Å². The number of nitrogens with one attached hydrogen (secondary N) is 1. The van der Waals surface area contributed by atoms with Crippen molar-refractivity contribution in [3.05, 3.63) is 51.7 Å². The molecule has 3 nitrogen and oxygen atoms in total. The molecular weight excluding hydrogens is 304 g/mol. The summed E-state index contributed by atoms with van der Waals surface area (Å²) in [6, 6.07) is 8.87. The molecule has 0 spiro atoms. The largest absolute Gasteiger partial charge is 0.508 e. The molecule has 0 radical (unpaired) electrons. The van der Waals surface area contributed by atoms with E-state index in [1.54, 1.807) is 24.4 Å². The summed E-state index contributed by atoms with van der Waals surface area (Å²) < 4.78 is 0.930. The summed E-state index contributed by atoms with van der Waals surface area (Å²) >= 11 is 9.14. The smallest absolute Gasteiger partial charge is 0.131 e. The molecule has 0 atom stereocenters. The van der Waals surface area contributed by atoms with Gasteiger partial charge >= 0.3 is 0 Å². The average Bonchev–Trinajstić information content (AvgIpc) is 2.30. The van der Waals surface area contributed by atoms with Gasteiger partial charge in [0.2, 0.25) is 0 Å². The van der Waals surface area contributed by atoms with Crippen LogP contribution in [-0.4, -0.2) is 10.1 Å². The van der Waals surface area contributed by atoms with Crippen molar-refractivity contribution in [3.8, 4) is 5.75 Å². The molecule has 1 aromatic carbocycles. The van der Waals surface area contributed by atoms with E-state index < -0.39 is 0 Å². The second-order valence-corrected chi connectivity index (χ2v) is 4.80. The Morgan fingerprint density at radius 1 is 1.29 bits per heavy atom. The molecule has 1 aromatic heterocycles. The average molecular weight is 314 g/mol. The highest BCUT2D eigenvalue weighted by Crippen LogP contribution is 2.23. The van der Waals surface area contributed by atoms with Crippen molar-refractivity contribution in [2.75, 3.05) is 5.32 Å². The highest BCUT2D eigenvalue weighted by Gasteiger charge is 2.02. The molecule has 0 unspecified atom stereocenters. The minimum atomic E-state index is 0.265. The Kier molecular flexibility index (Phi) is 3.86. The van der Waals surface area contributed by atoms with Crippen molar-refractivity contribution in [2.24, 2.45) is 0 Å². The van der Waals surface area contributed by atoms with Crippen LogP contribution in [0.1, 0.15) is 5.56 Å². The SMILES string of the molecule is Oc1ccc(Br)cc1CNc1ccnc(Cl)c1. The first-order chi connectivity index (χ1) is 8.15. The molecule has 0 aliphatic carbocycles. The van der Waals surface area contributed by atoms with Crippen molar-refractivity contribution in [1.29, 1.82) is 0 Å². The van der Waals surface area contributed by atoms with Gasteiger partial charge in [-0.2, -0.15) is 0 Å². The number of benzene rings is 1. The minimum absolute atomic E-state index is 0.265. The standard InChI is InChI=1S/C12H10BrClN2O/c13-9-1-2-11(17)8(5-9)7-16-10-3-4-15-12(14)6-10/h1-6,17H,7H2,(H,15,16). The number of nitrogens with zero attached hydrogens (tertiary/aromatic N) is 1. The molecule has 0 aliphatic heterocycles. The Hall–Kier alpha value is -1.26. The maximum absolute atomic E-state index is 9.67. The second kappa shape index (κ2) is 5.38. The van der Waals surface area contributed by atoms with Crippen molar-refractivity contribution >= 4 is 33.2 Å². The molecular formula is C12H10BrClN2O. The maximum Gasteiger partial charge on any atom is 0.131 e. The van der Waals surface area contributed by atoms with Crippen LogP contribution in [0.4, 0.5) is 5.69 Å². The summed E-state index contributed by atoms with van der Waals surface area (Å²) in [7, 11) is 0. The van der Waals surface area contributed by atoms with E-state index in [0.29, 0.717) is 11.7 Å². The molecule has 0 saturated heterocycles. The van der Waals surface area contributed by atoms with E-state index in [2.05, 4.69) is 26.2 Å². The fraction of sp³-hybridized carbons (Fsp3) is 0.0833. The van der Waals surface area contributed by atoms with Crippen LogP contribution in [0.15, 0.2) is 41.0 Å². The first kappa shape index (κ1) is 12.2. The molecule has 2 aromatic rings. The summed E-state index contributed by atoms with van der Waals surface area (Å²) in [4.78, 5) is 3.90. The number of anilines is 1. The van der Waals surface area contributed by atoms with Gasteiger partial charge in [0, 0.05) is 28.5 Å². The van der Waals surface area contributed by atoms with Crippen LogP contribution in [-0.2, 0) is 6.54 Å². The summed E-state index contributed by atoms with van der Waals surface area (Å²) in [6.45, 7) is 0.519. The zero-order chi connectivity index (χ0) is 12.3. The van der Waals surface area contributed by atoms with Crippen molar-refractivity contribution in [3.63, 3.8) is 0 Å². The number of aromatic hydroxyl groups is 1. The van der Waals surface area contributed by atoms with Gasteiger partial charge in [-0.15, -0.1) is 0 Å². The molecule has 2 N–H and O–H groups in total. The monoisotopic (exact) mass is 312 g/mol. The fourth-order valence-corrected chi connectivity index (χ4v) is 1.99. The number of hydrogen-bond acceptors (Lipinski definition) is 3. The zero-order valence-corrected chi connectivity index (χ0v) is 11.2. The fourth-order valence-electron chi connectivity index (χ4n) is 1.41. The Bertz CT molecular complexity index is 534. The van der Waals surface area contributed by atoms with Gasteiger partial charge in [-0.1, -0.05) is 27.5 Å². The molecule has 88 valence electrons. The quantitative estimate of drug-likeness (QED) is 0.847. The van der Waals surface area contributed by atoms with Gasteiger partial charge in [0.15, 0.2) is 0 Å². The summed E-state index contributed by atoms with van der Waals surface area (Å²) in [5, 5.41) is 13.3. The lowest BCUT2D eigenvalue weighted by Gasteiger charge is -2.08. The number of phenols is 1. The van der Waals surface area contributed by atoms with Gasteiger partial charge in [-0.3, -0.25) is 0 Å². The highest BCUT2D eigenvalue weighted by atomic mass is 79.9. The van der Waals surface area contributed by atoms with Crippen molar-refractivity contribution in [1.82, 2.24) is 4.98 Å². The van der Waals surface area contributed by atoms with E-state index in [9.17, 15) is 5.11 Å². The van der Waals surface area contributed by atoms with Crippen LogP contribution < -0.4 is 5.32 Å². The van der Waals surface area contributed by atoms with Crippen molar-refractivity contribution < 1.29 is 5.11 Å². The van der Waals surface area contributed by atoms with Crippen LogP contribution in [0.25, 0.3) is 0 Å². The van der Waals surface area contributed by atoms with Crippen LogP contribution in [0, 0.1) is 0 Å². The topological polar surface area (TPSA) is 45.1 Å². The van der Waals surface area contributed by atoms with Gasteiger partial charge in [-0.05, 0) is 30.3 Å². The molecule has 0 saturated carbocycles. The summed E-state index contributed by atoms with van der Waals surface area (Å²) in [5.41, 5.74) is 1.68. The minimum Gasteiger partial charge on any atom is -0.508 e. The first-order valence-corrected chi connectivity index (χ1v) is 6.15. The predicted octanol–water partition coefficient (Wildman–Crippen LogP) is 3.82. The number of aromatic nitrogens is 1. The predicted molar refractivity (Wildman–Crippen MR) is 72.4 cm³/mol. The van der Waals surface area contributed by atoms with E-state index in [1.807, 2.05) is 12.1 Å². The molecule has 0 amide bonds. The number of phenolic OH excluding ortho intramolecular Hbond substituents is 1. The normalized spacial score (nSPS) is 10.2. The second-order valence-electron chi connectivity index (χ2n) is 3.49. The Morgan fingerprint density at radius 3 is 2.88 bits per heavy atom. The molecule has 0 fully saturated rings. The Labute approximate surface area is 113 Å². The molecule has 2 rings (SSSR count). The third-order valence-corrected chi connectivity index (χ3v) is 2.95. The van der Waals surface area contributed by atoms with E-state index in [-0.39, 0.29) is 5.75 Å². The van der Waals surface area contributed by atoms with Gasteiger partial charge in [-0.25, -0.2) is 4.98 Å². The van der Waals surface area contributed by atoms with Gasteiger partial charge in [0.1, 0.15) is 10.9 Å². The van der Waals surface area contributed by atoms with Crippen LogP contribution in [0.3, 0.4) is 0 Å². The Balaban J connectivity index is 2.09.